The number of halogens is 2. The predicted octanol–water partition coefficient (Wildman–Crippen LogP) is 3.43. The summed E-state index contributed by atoms with van der Waals surface area (Å²) in [6.07, 6.45) is 0. The van der Waals surface area contributed by atoms with Crippen LogP contribution in [0.4, 0.5) is 13.6 Å². The van der Waals surface area contributed by atoms with Gasteiger partial charge in [0.1, 0.15) is 29.5 Å². The maximum Gasteiger partial charge on any atom is 0.325 e. The van der Waals surface area contributed by atoms with Crippen LogP contribution in [0.3, 0.4) is 0 Å². The van der Waals surface area contributed by atoms with Gasteiger partial charge in [0.15, 0.2) is 0 Å². The van der Waals surface area contributed by atoms with Gasteiger partial charge in [-0.25, -0.2) is 13.6 Å². The number of urea groups is 1. The molecule has 0 radical (unpaired) electrons. The lowest BCUT2D eigenvalue weighted by atomic mass is 9.91. The van der Waals surface area contributed by atoms with Crippen molar-refractivity contribution in [2.24, 2.45) is 0 Å². The first-order chi connectivity index (χ1) is 12.7. The Balaban J connectivity index is 1.73. The Labute approximate surface area is 155 Å². The highest BCUT2D eigenvalue weighted by Crippen LogP contribution is 2.31. The van der Waals surface area contributed by atoms with Crippen LogP contribution in [0, 0.1) is 25.5 Å². The van der Waals surface area contributed by atoms with Gasteiger partial charge in [-0.3, -0.25) is 9.69 Å². The molecule has 0 spiro atoms. The molecule has 1 aliphatic rings. The number of hydrogen-bond donors (Lipinski definition) is 1. The summed E-state index contributed by atoms with van der Waals surface area (Å²) in [5.74, 6) is -1.47. The molecule has 3 rings (SSSR count). The monoisotopic (exact) mass is 374 g/mol. The SMILES string of the molecule is Cc1cc(C)cc(OCCN2C(=O)N[C@](C)(c3cc(F)ccc3F)C2=O)c1. The van der Waals surface area contributed by atoms with E-state index < -0.39 is 29.1 Å². The quantitative estimate of drug-likeness (QED) is 0.816. The molecule has 1 heterocycles. The number of amides is 3. The van der Waals surface area contributed by atoms with Crippen LogP contribution in [-0.4, -0.2) is 30.0 Å². The van der Waals surface area contributed by atoms with Crippen molar-refractivity contribution in [2.75, 3.05) is 13.2 Å². The fourth-order valence-corrected chi connectivity index (χ4v) is 3.23. The van der Waals surface area contributed by atoms with E-state index in [1.54, 1.807) is 0 Å². The minimum absolute atomic E-state index is 0.00974. The molecule has 0 aliphatic carbocycles. The van der Waals surface area contributed by atoms with Gasteiger partial charge in [0.2, 0.25) is 0 Å². The standard InChI is InChI=1S/C20H20F2N2O3/c1-12-8-13(2)10-15(9-12)27-7-6-24-18(25)20(3,23-19(24)26)16-11-14(21)4-5-17(16)22/h4-5,8-11H,6-7H2,1-3H3,(H,23,26)/t20-/m1/s1. The van der Waals surface area contributed by atoms with Crippen molar-refractivity contribution in [1.82, 2.24) is 10.2 Å². The van der Waals surface area contributed by atoms with Crippen LogP contribution in [0.1, 0.15) is 23.6 Å². The summed E-state index contributed by atoms with van der Waals surface area (Å²) in [6.45, 7) is 5.32. The number of imide groups is 1. The molecule has 27 heavy (non-hydrogen) atoms. The van der Waals surface area contributed by atoms with E-state index in [0.29, 0.717) is 5.75 Å². The van der Waals surface area contributed by atoms with Gasteiger partial charge in [0, 0.05) is 5.56 Å². The first-order valence-electron chi connectivity index (χ1n) is 8.51. The number of benzene rings is 2. The van der Waals surface area contributed by atoms with E-state index in [9.17, 15) is 18.4 Å². The molecule has 0 unspecified atom stereocenters. The summed E-state index contributed by atoms with van der Waals surface area (Å²) in [7, 11) is 0. The lowest BCUT2D eigenvalue weighted by Crippen LogP contribution is -2.42. The van der Waals surface area contributed by atoms with Crippen LogP contribution >= 0.6 is 0 Å². The molecule has 1 saturated heterocycles. The van der Waals surface area contributed by atoms with Gasteiger partial charge in [0.25, 0.3) is 5.91 Å². The first kappa shape index (κ1) is 18.8. The average Bonchev–Trinajstić information content (AvgIpc) is 2.80. The van der Waals surface area contributed by atoms with E-state index in [2.05, 4.69) is 5.32 Å². The summed E-state index contributed by atoms with van der Waals surface area (Å²) >= 11 is 0. The van der Waals surface area contributed by atoms with Crippen molar-refractivity contribution in [2.45, 2.75) is 26.3 Å². The number of aryl methyl sites for hydroxylation is 2. The zero-order valence-electron chi connectivity index (χ0n) is 15.3. The Kier molecular flexibility index (Phi) is 4.87. The molecule has 5 nitrogen and oxygen atoms in total. The highest BCUT2D eigenvalue weighted by atomic mass is 19.1. The number of nitrogens with one attached hydrogen (secondary N) is 1. The van der Waals surface area contributed by atoms with Gasteiger partial charge >= 0.3 is 6.03 Å². The maximum atomic E-state index is 14.1. The molecule has 0 bridgehead atoms. The highest BCUT2D eigenvalue weighted by molar-refractivity contribution is 6.07. The predicted molar refractivity (Wildman–Crippen MR) is 95.4 cm³/mol. The first-order valence-corrected chi connectivity index (χ1v) is 8.51. The van der Waals surface area contributed by atoms with Gasteiger partial charge in [0.05, 0.1) is 6.54 Å². The third-order valence-electron chi connectivity index (χ3n) is 4.52. The fraction of sp³-hybridized carbons (Fsp3) is 0.300. The highest BCUT2D eigenvalue weighted by Gasteiger charge is 2.50. The van der Waals surface area contributed by atoms with Crippen LogP contribution in [0.5, 0.6) is 5.75 Å². The van der Waals surface area contributed by atoms with E-state index >= 15 is 0 Å². The van der Waals surface area contributed by atoms with Crippen molar-refractivity contribution in [3.05, 3.63) is 64.7 Å². The normalized spacial score (nSPS) is 19.4. The molecule has 142 valence electrons. The van der Waals surface area contributed by atoms with E-state index in [4.69, 9.17) is 4.74 Å². The Bertz CT molecular complexity index is 896. The maximum absolute atomic E-state index is 14.1. The molecule has 2 aromatic rings. The van der Waals surface area contributed by atoms with Crippen molar-refractivity contribution >= 4 is 11.9 Å². The largest absolute Gasteiger partial charge is 0.492 e. The van der Waals surface area contributed by atoms with E-state index in [0.717, 1.165) is 34.2 Å². The van der Waals surface area contributed by atoms with E-state index in [1.807, 2.05) is 32.0 Å². The van der Waals surface area contributed by atoms with Crippen molar-refractivity contribution < 1.29 is 23.1 Å². The second-order valence-electron chi connectivity index (χ2n) is 6.81. The molecule has 7 heteroatoms. The van der Waals surface area contributed by atoms with Gasteiger partial charge in [-0.05, 0) is 62.2 Å². The molecule has 2 aromatic carbocycles. The summed E-state index contributed by atoms with van der Waals surface area (Å²) in [6, 6.07) is 7.85. The Morgan fingerprint density at radius 2 is 1.74 bits per heavy atom. The van der Waals surface area contributed by atoms with Gasteiger partial charge in [-0.2, -0.15) is 0 Å². The van der Waals surface area contributed by atoms with E-state index in [-0.39, 0.29) is 18.7 Å². The molecular weight excluding hydrogens is 354 g/mol. The van der Waals surface area contributed by atoms with Crippen LogP contribution in [0.15, 0.2) is 36.4 Å². The fourth-order valence-electron chi connectivity index (χ4n) is 3.23. The minimum Gasteiger partial charge on any atom is -0.492 e. The Hall–Kier alpha value is -2.96. The topological polar surface area (TPSA) is 58.6 Å². The molecule has 1 N–H and O–H groups in total. The number of carbonyl (C=O) groups is 2. The molecule has 0 aromatic heterocycles. The van der Waals surface area contributed by atoms with Gasteiger partial charge in [-0.1, -0.05) is 6.07 Å². The number of rotatable bonds is 5. The summed E-state index contributed by atoms with van der Waals surface area (Å²) in [5, 5.41) is 2.46. The number of carbonyl (C=O) groups excluding carboxylic acids is 2. The Morgan fingerprint density at radius 3 is 2.41 bits per heavy atom. The third-order valence-corrected chi connectivity index (χ3v) is 4.52. The van der Waals surface area contributed by atoms with Crippen molar-refractivity contribution in [3.63, 3.8) is 0 Å². The Morgan fingerprint density at radius 1 is 1.07 bits per heavy atom. The second kappa shape index (κ2) is 6.98. The summed E-state index contributed by atoms with van der Waals surface area (Å²) in [5.41, 5.74) is 0.199. The van der Waals surface area contributed by atoms with Crippen LogP contribution < -0.4 is 10.1 Å². The molecule has 0 saturated carbocycles. The van der Waals surface area contributed by atoms with E-state index in [1.165, 1.54) is 6.92 Å². The summed E-state index contributed by atoms with van der Waals surface area (Å²) in [4.78, 5) is 25.9. The van der Waals surface area contributed by atoms with Crippen LogP contribution in [0.2, 0.25) is 0 Å². The average molecular weight is 374 g/mol. The molecular formula is C20H20F2N2O3. The second-order valence-corrected chi connectivity index (χ2v) is 6.81. The minimum atomic E-state index is -1.66. The lowest BCUT2D eigenvalue weighted by molar-refractivity contribution is -0.131. The number of ether oxygens (including phenoxy) is 1. The lowest BCUT2D eigenvalue weighted by Gasteiger charge is -2.22. The van der Waals surface area contributed by atoms with Crippen molar-refractivity contribution in [1.29, 1.82) is 0 Å². The van der Waals surface area contributed by atoms with Crippen molar-refractivity contribution in [3.8, 4) is 5.75 Å². The zero-order chi connectivity index (χ0) is 19.8. The number of hydrogen-bond acceptors (Lipinski definition) is 3. The summed E-state index contributed by atoms with van der Waals surface area (Å²) < 4.78 is 33.3. The van der Waals surface area contributed by atoms with Gasteiger partial charge in [-0.15, -0.1) is 0 Å². The number of nitrogens with zero attached hydrogens (tertiary/aromatic N) is 1. The smallest absolute Gasteiger partial charge is 0.325 e. The molecule has 1 fully saturated rings. The molecule has 3 amide bonds. The molecule has 1 atom stereocenters. The zero-order valence-corrected chi connectivity index (χ0v) is 15.3. The third kappa shape index (κ3) is 3.63. The van der Waals surface area contributed by atoms with Crippen LogP contribution in [0.25, 0.3) is 0 Å². The van der Waals surface area contributed by atoms with Crippen LogP contribution in [-0.2, 0) is 10.3 Å². The van der Waals surface area contributed by atoms with Gasteiger partial charge < -0.3 is 10.1 Å². The molecule has 1 aliphatic heterocycles.